The first-order valence-corrected chi connectivity index (χ1v) is 24.6. The Kier molecular flexibility index (Phi) is 10.2. The van der Waals surface area contributed by atoms with Crippen molar-refractivity contribution >= 4 is 64.4 Å². The Morgan fingerprint density at radius 3 is 2.19 bits per heavy atom. The quantitative estimate of drug-likeness (QED) is 0.137. The van der Waals surface area contributed by atoms with Crippen LogP contribution in [0.4, 0.5) is 0 Å². The first kappa shape index (κ1) is 41.0. The van der Waals surface area contributed by atoms with E-state index in [0.29, 0.717) is 17.5 Å². The Bertz CT molecular complexity index is 3990. The van der Waals surface area contributed by atoms with Gasteiger partial charge in [-0.3, -0.25) is 0 Å². The number of thiophene rings is 1. The zero-order chi connectivity index (χ0) is 45.8. The molecule has 1 unspecified atom stereocenters. The van der Waals surface area contributed by atoms with Crippen LogP contribution in [0.3, 0.4) is 0 Å². The maximum absolute atomic E-state index is 6.53. The normalized spacial score (nSPS) is 13.7. The largest absolute Gasteiger partial charge is 0.436 e. The standard InChI is InChI=1S/C62H45N5OS/c1-39-19-11-12-28-44(39)45-35-36-48-46-29-13-15-33-52(46)67(56(48)47(45)31-17-26-40-27-18-32-51-57(40)68-62(63-51)43-24-9-4-10-25-43)53-38-37-50(55-49-30-14-16-34-54(49)69-58(53)55)61-65-59(41-20-5-2-6-21-41)64-60(66-61)42-22-7-3-8-23-42/h2-16,18-22,24-25,27-30,32-38,42H,17,23,26,31H2,1H3. The summed E-state index contributed by atoms with van der Waals surface area (Å²) in [6.07, 6.45) is 12.0. The van der Waals surface area contributed by atoms with Crippen LogP contribution >= 0.6 is 11.3 Å². The van der Waals surface area contributed by atoms with Crippen molar-refractivity contribution in [1.29, 1.82) is 0 Å². The van der Waals surface area contributed by atoms with E-state index in [1.54, 1.807) is 0 Å². The second kappa shape index (κ2) is 17.1. The fraction of sp³-hybridized carbons (Fsp3) is 0.0968. The third kappa shape index (κ3) is 7.16. The number of para-hydroxylation sites is 2. The number of aryl methyl sites for hydroxylation is 3. The summed E-state index contributed by atoms with van der Waals surface area (Å²) in [4.78, 5) is 20.6. The lowest BCUT2D eigenvalue weighted by Crippen LogP contribution is -2.08. The van der Waals surface area contributed by atoms with Crippen molar-refractivity contribution in [3.8, 4) is 51.0 Å². The minimum atomic E-state index is 0.0575. The number of oxazole rings is 1. The number of aromatic nitrogens is 5. The highest BCUT2D eigenvalue weighted by Gasteiger charge is 2.25. The first-order chi connectivity index (χ1) is 34.1. The van der Waals surface area contributed by atoms with Gasteiger partial charge in [-0.05, 0) is 103 Å². The lowest BCUT2D eigenvalue weighted by atomic mass is 9.90. The molecule has 7 heteroatoms. The van der Waals surface area contributed by atoms with E-state index in [-0.39, 0.29) is 5.92 Å². The molecule has 0 N–H and O–H groups in total. The molecule has 6 nitrogen and oxygen atoms in total. The zero-order valence-corrected chi connectivity index (χ0v) is 38.8. The van der Waals surface area contributed by atoms with Gasteiger partial charge < -0.3 is 8.98 Å². The van der Waals surface area contributed by atoms with Crippen molar-refractivity contribution in [3.05, 3.63) is 223 Å². The molecule has 0 bridgehead atoms. The van der Waals surface area contributed by atoms with Gasteiger partial charge in [-0.25, -0.2) is 19.9 Å². The molecule has 1 aliphatic rings. The van der Waals surface area contributed by atoms with Crippen molar-refractivity contribution < 1.29 is 4.42 Å². The molecule has 12 aromatic rings. The number of rotatable bonds is 10. The van der Waals surface area contributed by atoms with E-state index in [2.05, 4.69) is 175 Å². The molecule has 8 aromatic carbocycles. The summed E-state index contributed by atoms with van der Waals surface area (Å²) in [6.45, 7) is 2.23. The number of fused-ring (bicyclic) bond motifs is 7. The van der Waals surface area contributed by atoms with Gasteiger partial charge in [0.25, 0.3) is 0 Å². The topological polar surface area (TPSA) is 69.6 Å². The summed E-state index contributed by atoms with van der Waals surface area (Å²) in [5, 5.41) is 4.82. The van der Waals surface area contributed by atoms with Crippen LogP contribution in [0.25, 0.3) is 104 Å². The van der Waals surface area contributed by atoms with Crippen molar-refractivity contribution in [1.82, 2.24) is 24.5 Å². The van der Waals surface area contributed by atoms with Crippen LogP contribution in [-0.4, -0.2) is 24.5 Å². The highest BCUT2D eigenvalue weighted by atomic mass is 32.1. The minimum absolute atomic E-state index is 0.0575. The predicted octanol–water partition coefficient (Wildman–Crippen LogP) is 16.2. The molecule has 0 saturated carbocycles. The second-order valence-corrected chi connectivity index (χ2v) is 19.0. The summed E-state index contributed by atoms with van der Waals surface area (Å²) in [7, 11) is 0. The highest BCUT2D eigenvalue weighted by molar-refractivity contribution is 7.26. The molecule has 1 aliphatic carbocycles. The molecule has 69 heavy (non-hydrogen) atoms. The Labute approximate surface area is 403 Å². The molecule has 0 saturated heterocycles. The van der Waals surface area contributed by atoms with E-state index in [9.17, 15) is 0 Å². The maximum Gasteiger partial charge on any atom is 0.227 e. The average molecular weight is 908 g/mol. The van der Waals surface area contributed by atoms with Crippen LogP contribution in [0.15, 0.2) is 205 Å². The Balaban J connectivity index is 1.02. The molecule has 0 amide bonds. The molecule has 1 atom stereocenters. The molecule has 13 rings (SSSR count). The summed E-state index contributed by atoms with van der Waals surface area (Å²) in [6, 6.07) is 62.6. The fourth-order valence-electron chi connectivity index (χ4n) is 10.5. The molecule has 0 radical (unpaired) electrons. The number of allylic oxidation sites excluding steroid dienone is 4. The van der Waals surface area contributed by atoms with E-state index in [1.807, 2.05) is 47.7 Å². The van der Waals surface area contributed by atoms with Crippen LogP contribution in [0.2, 0.25) is 0 Å². The Morgan fingerprint density at radius 1 is 0.594 bits per heavy atom. The molecule has 0 aliphatic heterocycles. The molecule has 0 spiro atoms. The van der Waals surface area contributed by atoms with Gasteiger partial charge in [0.15, 0.2) is 17.2 Å². The SMILES string of the molecule is Cc1ccccc1-c1ccc2c3ccccc3n(-c3ccc(-c4nc(-c5ccccc5)nc(C5C=CC=CC5)n4)c4c3sc3ccccc34)c2c1CCCc1cccc2nc(-c3ccccc3)oc12. The van der Waals surface area contributed by atoms with Gasteiger partial charge >= 0.3 is 0 Å². The average Bonchev–Trinajstić information content (AvgIpc) is 4.13. The number of hydrogen-bond donors (Lipinski definition) is 0. The molecular formula is C62H45N5OS. The number of benzene rings is 8. The Morgan fingerprint density at radius 2 is 1.35 bits per heavy atom. The lowest BCUT2D eigenvalue weighted by Gasteiger charge is -2.18. The summed E-state index contributed by atoms with van der Waals surface area (Å²) in [5.74, 6) is 2.86. The molecule has 0 fully saturated rings. The fourth-order valence-corrected chi connectivity index (χ4v) is 11.7. The van der Waals surface area contributed by atoms with Crippen LogP contribution < -0.4 is 0 Å². The second-order valence-electron chi connectivity index (χ2n) is 18.0. The van der Waals surface area contributed by atoms with Crippen molar-refractivity contribution in [2.45, 2.75) is 38.5 Å². The molecule has 330 valence electrons. The lowest BCUT2D eigenvalue weighted by molar-refractivity contribution is 0.613. The van der Waals surface area contributed by atoms with E-state index in [0.717, 1.165) is 70.4 Å². The van der Waals surface area contributed by atoms with Gasteiger partial charge in [0.2, 0.25) is 5.89 Å². The maximum atomic E-state index is 6.53. The summed E-state index contributed by atoms with van der Waals surface area (Å²) >= 11 is 1.84. The van der Waals surface area contributed by atoms with E-state index in [4.69, 9.17) is 24.4 Å². The first-order valence-electron chi connectivity index (χ1n) is 23.8. The third-order valence-corrected chi connectivity index (χ3v) is 14.9. The van der Waals surface area contributed by atoms with E-state index in [1.165, 1.54) is 64.4 Å². The molecule has 4 heterocycles. The monoisotopic (exact) mass is 907 g/mol. The predicted molar refractivity (Wildman–Crippen MR) is 285 cm³/mol. The summed E-state index contributed by atoms with van der Waals surface area (Å²) in [5.41, 5.74) is 14.5. The van der Waals surface area contributed by atoms with Crippen LogP contribution in [-0.2, 0) is 12.8 Å². The number of hydrogen-bond acceptors (Lipinski definition) is 6. The van der Waals surface area contributed by atoms with Crippen LogP contribution in [0.5, 0.6) is 0 Å². The smallest absolute Gasteiger partial charge is 0.227 e. The zero-order valence-electron chi connectivity index (χ0n) is 38.0. The van der Waals surface area contributed by atoms with E-state index >= 15 is 0 Å². The van der Waals surface area contributed by atoms with Crippen molar-refractivity contribution in [2.75, 3.05) is 0 Å². The van der Waals surface area contributed by atoms with Crippen LogP contribution in [0, 0.1) is 6.92 Å². The van der Waals surface area contributed by atoms with Crippen LogP contribution in [0.1, 0.15) is 41.3 Å². The molecular weight excluding hydrogens is 863 g/mol. The Hall–Kier alpha value is -8.26. The van der Waals surface area contributed by atoms with Gasteiger partial charge in [-0.15, -0.1) is 11.3 Å². The van der Waals surface area contributed by atoms with Gasteiger partial charge in [0, 0.05) is 48.9 Å². The van der Waals surface area contributed by atoms with Crippen molar-refractivity contribution in [2.24, 2.45) is 0 Å². The van der Waals surface area contributed by atoms with Gasteiger partial charge in [0.1, 0.15) is 11.3 Å². The van der Waals surface area contributed by atoms with E-state index < -0.39 is 0 Å². The molecule has 4 aromatic heterocycles. The minimum Gasteiger partial charge on any atom is -0.436 e. The van der Waals surface area contributed by atoms with Crippen molar-refractivity contribution in [3.63, 3.8) is 0 Å². The highest BCUT2D eigenvalue weighted by Crippen LogP contribution is 2.47. The van der Waals surface area contributed by atoms with Gasteiger partial charge in [-0.1, -0.05) is 158 Å². The number of nitrogens with zero attached hydrogens (tertiary/aromatic N) is 5. The van der Waals surface area contributed by atoms with Gasteiger partial charge in [-0.2, -0.15) is 0 Å². The van der Waals surface area contributed by atoms with Gasteiger partial charge in [0.05, 0.1) is 21.4 Å². The third-order valence-electron chi connectivity index (χ3n) is 13.8. The summed E-state index contributed by atoms with van der Waals surface area (Å²) < 4.78 is 11.5.